The fraction of sp³-hybridized carbons (Fsp3) is 0.333. The van der Waals surface area contributed by atoms with Gasteiger partial charge in [-0.05, 0) is 18.1 Å². The van der Waals surface area contributed by atoms with Gasteiger partial charge in [0.05, 0.1) is 6.42 Å². The monoisotopic (exact) mass is 249 g/mol. The standard InChI is InChI=1S/C12H15N3O3/c13-10(16)7-12(14,11(17)18)15-6-5-8-3-1-2-4-9(8)15/h1-4H,5-7,14H2,(H2,13,16)(H,17,18)/t12-/m1/s1. The summed E-state index contributed by atoms with van der Waals surface area (Å²) in [6, 6.07) is 7.41. The summed E-state index contributed by atoms with van der Waals surface area (Å²) >= 11 is 0. The van der Waals surface area contributed by atoms with Gasteiger partial charge < -0.3 is 15.7 Å². The molecule has 18 heavy (non-hydrogen) atoms. The van der Waals surface area contributed by atoms with E-state index in [9.17, 15) is 14.7 Å². The predicted molar refractivity (Wildman–Crippen MR) is 65.9 cm³/mol. The van der Waals surface area contributed by atoms with Gasteiger partial charge in [-0.15, -0.1) is 0 Å². The van der Waals surface area contributed by atoms with E-state index < -0.39 is 24.0 Å². The van der Waals surface area contributed by atoms with Gasteiger partial charge in [0.1, 0.15) is 0 Å². The number of nitrogens with two attached hydrogens (primary N) is 2. The van der Waals surface area contributed by atoms with Crippen molar-refractivity contribution in [1.29, 1.82) is 0 Å². The Hall–Kier alpha value is -2.08. The molecule has 2 rings (SSSR count). The lowest BCUT2D eigenvalue weighted by Gasteiger charge is -2.35. The molecule has 0 aliphatic carbocycles. The first-order valence-electron chi connectivity index (χ1n) is 5.61. The van der Waals surface area contributed by atoms with Gasteiger partial charge in [-0.3, -0.25) is 10.5 Å². The zero-order valence-electron chi connectivity index (χ0n) is 9.80. The average molecular weight is 249 g/mol. The Morgan fingerprint density at radius 2 is 2.06 bits per heavy atom. The van der Waals surface area contributed by atoms with Crippen LogP contribution in [0, 0.1) is 0 Å². The molecule has 0 spiro atoms. The summed E-state index contributed by atoms with van der Waals surface area (Å²) in [6.45, 7) is 0.468. The van der Waals surface area contributed by atoms with E-state index >= 15 is 0 Å². The number of primary amides is 1. The normalized spacial score (nSPS) is 17.1. The Morgan fingerprint density at radius 1 is 1.39 bits per heavy atom. The molecular weight excluding hydrogens is 234 g/mol. The summed E-state index contributed by atoms with van der Waals surface area (Å²) < 4.78 is 0. The number of carboxylic acids is 1. The average Bonchev–Trinajstić information content (AvgIpc) is 2.71. The maximum absolute atomic E-state index is 11.4. The van der Waals surface area contributed by atoms with Crippen molar-refractivity contribution >= 4 is 17.6 Å². The van der Waals surface area contributed by atoms with E-state index in [1.807, 2.05) is 18.2 Å². The van der Waals surface area contributed by atoms with Crippen LogP contribution in [0.1, 0.15) is 12.0 Å². The molecule has 0 unspecified atom stereocenters. The summed E-state index contributed by atoms with van der Waals surface area (Å²) in [5.41, 5.74) is 11.0. The van der Waals surface area contributed by atoms with Crippen molar-refractivity contribution in [2.24, 2.45) is 11.5 Å². The van der Waals surface area contributed by atoms with Crippen LogP contribution in [0.4, 0.5) is 5.69 Å². The lowest BCUT2D eigenvalue weighted by Crippen LogP contribution is -2.63. The third kappa shape index (κ3) is 1.91. The molecule has 0 bridgehead atoms. The zero-order chi connectivity index (χ0) is 13.3. The molecule has 0 radical (unpaired) electrons. The number of aliphatic carboxylic acids is 1. The van der Waals surface area contributed by atoms with E-state index in [2.05, 4.69) is 0 Å². The number of fused-ring (bicyclic) bond motifs is 1. The topological polar surface area (TPSA) is 110 Å². The van der Waals surface area contributed by atoms with Gasteiger partial charge >= 0.3 is 5.97 Å². The van der Waals surface area contributed by atoms with Crippen molar-refractivity contribution in [2.75, 3.05) is 11.4 Å². The smallest absolute Gasteiger partial charge is 0.345 e. The molecular formula is C12H15N3O3. The zero-order valence-corrected chi connectivity index (χ0v) is 9.80. The van der Waals surface area contributed by atoms with E-state index in [0.29, 0.717) is 13.0 Å². The second-order valence-electron chi connectivity index (χ2n) is 4.40. The Balaban J connectivity index is 2.40. The molecule has 1 heterocycles. The van der Waals surface area contributed by atoms with E-state index in [1.165, 1.54) is 4.90 Å². The summed E-state index contributed by atoms with van der Waals surface area (Å²) in [5.74, 6) is -1.98. The van der Waals surface area contributed by atoms with Crippen LogP contribution in [0.15, 0.2) is 24.3 Å². The number of para-hydroxylation sites is 1. The van der Waals surface area contributed by atoms with E-state index in [1.54, 1.807) is 6.07 Å². The quantitative estimate of drug-likeness (QED) is 0.676. The van der Waals surface area contributed by atoms with Crippen LogP contribution >= 0.6 is 0 Å². The first-order chi connectivity index (χ1) is 8.45. The number of anilines is 1. The number of carbonyl (C=O) groups excluding carboxylic acids is 1. The molecule has 5 N–H and O–H groups in total. The number of hydrogen-bond acceptors (Lipinski definition) is 4. The van der Waals surface area contributed by atoms with Gasteiger partial charge in [0.15, 0.2) is 5.66 Å². The number of amides is 1. The number of benzene rings is 1. The van der Waals surface area contributed by atoms with Crippen LogP contribution in [0.2, 0.25) is 0 Å². The van der Waals surface area contributed by atoms with Crippen molar-refractivity contribution in [3.8, 4) is 0 Å². The second kappa shape index (κ2) is 4.30. The first kappa shape index (κ1) is 12.4. The van der Waals surface area contributed by atoms with Crippen molar-refractivity contribution in [2.45, 2.75) is 18.5 Å². The summed E-state index contributed by atoms with van der Waals surface area (Å²) in [6.07, 6.45) is 0.290. The van der Waals surface area contributed by atoms with Crippen molar-refractivity contribution < 1.29 is 14.7 Å². The van der Waals surface area contributed by atoms with E-state index in [0.717, 1.165) is 11.3 Å². The number of carboxylic acid groups (broad SMARTS) is 1. The predicted octanol–water partition coefficient (Wildman–Crippen LogP) is -0.336. The van der Waals surface area contributed by atoms with Gasteiger partial charge in [0.25, 0.3) is 0 Å². The maximum atomic E-state index is 11.4. The molecule has 0 aromatic heterocycles. The molecule has 1 atom stereocenters. The minimum Gasteiger partial charge on any atom is -0.478 e. The number of rotatable bonds is 4. The van der Waals surface area contributed by atoms with Crippen LogP contribution in [0.3, 0.4) is 0 Å². The van der Waals surface area contributed by atoms with Crippen LogP contribution < -0.4 is 16.4 Å². The Kier molecular flexibility index (Phi) is 2.96. The Morgan fingerprint density at radius 3 is 2.67 bits per heavy atom. The molecule has 1 aromatic carbocycles. The highest BCUT2D eigenvalue weighted by atomic mass is 16.4. The first-order valence-corrected chi connectivity index (χ1v) is 5.61. The highest BCUT2D eigenvalue weighted by Gasteiger charge is 2.44. The summed E-state index contributed by atoms with van der Waals surface area (Å²) in [5, 5.41) is 9.29. The molecule has 0 fully saturated rings. The molecule has 6 nitrogen and oxygen atoms in total. The third-order valence-corrected chi connectivity index (χ3v) is 3.18. The van der Waals surface area contributed by atoms with Gasteiger partial charge in [-0.1, -0.05) is 18.2 Å². The molecule has 0 saturated carbocycles. The van der Waals surface area contributed by atoms with Crippen LogP contribution in [-0.4, -0.2) is 29.2 Å². The fourth-order valence-corrected chi connectivity index (χ4v) is 2.30. The van der Waals surface area contributed by atoms with Gasteiger partial charge in [0, 0.05) is 12.2 Å². The molecule has 1 amide bonds. The second-order valence-corrected chi connectivity index (χ2v) is 4.40. The van der Waals surface area contributed by atoms with E-state index in [4.69, 9.17) is 11.5 Å². The lowest BCUT2D eigenvalue weighted by atomic mass is 10.0. The molecule has 6 heteroatoms. The van der Waals surface area contributed by atoms with Crippen molar-refractivity contribution in [3.05, 3.63) is 29.8 Å². The van der Waals surface area contributed by atoms with Gasteiger partial charge in [-0.2, -0.15) is 0 Å². The largest absolute Gasteiger partial charge is 0.478 e. The molecule has 96 valence electrons. The van der Waals surface area contributed by atoms with Crippen molar-refractivity contribution in [3.63, 3.8) is 0 Å². The van der Waals surface area contributed by atoms with Crippen LogP contribution in [-0.2, 0) is 16.0 Å². The molecule has 1 aromatic rings. The molecule has 1 aliphatic heterocycles. The van der Waals surface area contributed by atoms with Gasteiger partial charge in [-0.25, -0.2) is 4.79 Å². The Labute approximate surface area is 104 Å². The number of hydrogen-bond donors (Lipinski definition) is 3. The molecule has 1 aliphatic rings. The minimum atomic E-state index is -1.78. The van der Waals surface area contributed by atoms with Crippen molar-refractivity contribution in [1.82, 2.24) is 0 Å². The summed E-state index contributed by atoms with van der Waals surface area (Å²) in [4.78, 5) is 24.0. The molecule has 0 saturated heterocycles. The van der Waals surface area contributed by atoms with Gasteiger partial charge in [0.2, 0.25) is 5.91 Å². The van der Waals surface area contributed by atoms with E-state index in [-0.39, 0.29) is 0 Å². The highest BCUT2D eigenvalue weighted by Crippen LogP contribution is 2.33. The Bertz CT molecular complexity index is 503. The minimum absolute atomic E-state index is 0.420. The third-order valence-electron chi connectivity index (χ3n) is 3.18. The number of carbonyl (C=O) groups is 2. The SMILES string of the molecule is NC(=O)C[C@](N)(C(=O)O)N1CCc2ccccc21. The lowest BCUT2D eigenvalue weighted by molar-refractivity contribution is -0.145. The highest BCUT2D eigenvalue weighted by molar-refractivity contribution is 5.90. The fourth-order valence-electron chi connectivity index (χ4n) is 2.30. The van der Waals surface area contributed by atoms with Crippen LogP contribution in [0.5, 0.6) is 0 Å². The number of nitrogens with zero attached hydrogens (tertiary/aromatic N) is 1. The van der Waals surface area contributed by atoms with Crippen LogP contribution in [0.25, 0.3) is 0 Å². The maximum Gasteiger partial charge on any atom is 0.345 e. The summed E-state index contributed by atoms with van der Waals surface area (Å²) in [7, 11) is 0.